The molecule has 30 heavy (non-hydrogen) atoms. The molecule has 8 nitrogen and oxygen atoms in total. The van der Waals surface area contributed by atoms with E-state index in [1.165, 1.54) is 15.4 Å². The van der Waals surface area contributed by atoms with Crippen LogP contribution in [0.3, 0.4) is 0 Å². The highest BCUT2D eigenvalue weighted by Crippen LogP contribution is 2.39. The highest BCUT2D eigenvalue weighted by molar-refractivity contribution is 7.16. The van der Waals surface area contributed by atoms with Crippen LogP contribution in [0.5, 0.6) is 0 Å². The van der Waals surface area contributed by atoms with E-state index in [9.17, 15) is 9.59 Å². The molecule has 0 aliphatic carbocycles. The van der Waals surface area contributed by atoms with Crippen molar-refractivity contribution in [1.29, 1.82) is 0 Å². The van der Waals surface area contributed by atoms with Gasteiger partial charge in [-0.25, -0.2) is 14.6 Å². The third-order valence-electron chi connectivity index (χ3n) is 4.65. The third-order valence-corrected chi connectivity index (χ3v) is 5.61. The van der Waals surface area contributed by atoms with Gasteiger partial charge in [0.25, 0.3) is 0 Å². The molecule has 1 aromatic carbocycles. The van der Waals surface area contributed by atoms with Crippen LogP contribution in [-0.4, -0.2) is 71.0 Å². The van der Waals surface area contributed by atoms with Crippen LogP contribution in [0.2, 0.25) is 0 Å². The second-order valence-electron chi connectivity index (χ2n) is 6.98. The Balaban J connectivity index is 0.000000275. The maximum absolute atomic E-state index is 9.55. The van der Waals surface area contributed by atoms with E-state index >= 15 is 0 Å². The lowest BCUT2D eigenvalue weighted by atomic mass is 10.2. The molecule has 0 unspecified atom stereocenters. The molecule has 2 aromatic rings. The first-order valence-corrected chi connectivity index (χ1v) is 10.3. The predicted molar refractivity (Wildman–Crippen MR) is 118 cm³/mol. The number of hydrogen-bond donors (Lipinski definition) is 3. The number of aliphatic carboxylic acids is 2. The van der Waals surface area contributed by atoms with E-state index in [2.05, 4.69) is 59.4 Å². The van der Waals surface area contributed by atoms with E-state index in [0.717, 1.165) is 43.4 Å². The minimum absolute atomic E-state index is 0.558. The molecule has 0 radical (unpaired) electrons. The number of aryl methyl sites for hydroxylation is 1. The number of carboxylic acid groups (broad SMARTS) is 2. The van der Waals surface area contributed by atoms with E-state index in [-0.39, 0.29) is 0 Å². The average Bonchev–Trinajstić information content (AvgIpc) is 2.99. The number of para-hydroxylation sites is 2. The number of anilines is 2. The molecule has 0 bridgehead atoms. The molecule has 3 N–H and O–H groups in total. The van der Waals surface area contributed by atoms with Crippen molar-refractivity contribution in [2.24, 2.45) is 4.99 Å². The SMILES string of the molecule is Cc1cc2c(s1)Nc1ccccc1N=C2N1CCN(C)CC1.O=C(O)C=CC(=O)O. The summed E-state index contributed by atoms with van der Waals surface area (Å²) in [5.41, 5.74) is 3.36. The second kappa shape index (κ2) is 9.55. The molecule has 9 heteroatoms. The number of thiophene rings is 1. The predicted octanol–water partition coefficient (Wildman–Crippen LogP) is 3.15. The van der Waals surface area contributed by atoms with Gasteiger partial charge in [-0.05, 0) is 32.2 Å². The molecular formula is C21H24N4O4S. The number of rotatable bonds is 2. The van der Waals surface area contributed by atoms with Crippen molar-refractivity contribution in [2.75, 3.05) is 38.5 Å². The molecule has 2 aliphatic heterocycles. The third kappa shape index (κ3) is 5.46. The number of likely N-dealkylation sites (N-methyl/N-ethyl adjacent to an activating group) is 1. The maximum Gasteiger partial charge on any atom is 0.328 e. The molecule has 4 rings (SSSR count). The zero-order valence-electron chi connectivity index (χ0n) is 16.8. The maximum atomic E-state index is 9.55. The van der Waals surface area contributed by atoms with Gasteiger partial charge in [0.1, 0.15) is 10.8 Å². The van der Waals surface area contributed by atoms with Gasteiger partial charge in [-0.1, -0.05) is 12.1 Å². The molecule has 3 heterocycles. The number of fused-ring (bicyclic) bond motifs is 2. The number of nitrogens with one attached hydrogen (secondary N) is 1. The summed E-state index contributed by atoms with van der Waals surface area (Å²) in [7, 11) is 2.18. The Morgan fingerprint density at radius 3 is 2.37 bits per heavy atom. The van der Waals surface area contributed by atoms with Crippen molar-refractivity contribution in [1.82, 2.24) is 9.80 Å². The number of hydrogen-bond acceptors (Lipinski definition) is 7. The normalized spacial score (nSPS) is 15.8. The molecule has 0 atom stereocenters. The number of nitrogens with zero attached hydrogens (tertiary/aromatic N) is 3. The fourth-order valence-electron chi connectivity index (χ4n) is 3.15. The summed E-state index contributed by atoms with van der Waals surface area (Å²) >= 11 is 1.81. The van der Waals surface area contributed by atoms with Crippen molar-refractivity contribution in [3.63, 3.8) is 0 Å². The Morgan fingerprint density at radius 2 is 1.73 bits per heavy atom. The quantitative estimate of drug-likeness (QED) is 0.631. The number of aliphatic imine (C=N–C) groups is 1. The summed E-state index contributed by atoms with van der Waals surface area (Å²) in [6.45, 7) is 6.41. The van der Waals surface area contributed by atoms with Gasteiger partial charge in [-0.15, -0.1) is 11.3 Å². The molecule has 2 aliphatic rings. The molecule has 1 saturated heterocycles. The molecular weight excluding hydrogens is 404 g/mol. The van der Waals surface area contributed by atoms with Crippen molar-refractivity contribution in [2.45, 2.75) is 6.92 Å². The Hall–Kier alpha value is -3.17. The Morgan fingerprint density at radius 1 is 1.10 bits per heavy atom. The van der Waals surface area contributed by atoms with Gasteiger partial charge < -0.3 is 25.3 Å². The van der Waals surface area contributed by atoms with Crippen LogP contribution in [0, 0.1) is 6.92 Å². The minimum Gasteiger partial charge on any atom is -0.478 e. The molecule has 158 valence electrons. The number of piperazine rings is 1. The molecule has 0 amide bonds. The highest BCUT2D eigenvalue weighted by atomic mass is 32.1. The smallest absolute Gasteiger partial charge is 0.328 e. The largest absolute Gasteiger partial charge is 0.478 e. The standard InChI is InChI=1S/C17H20N4S.C4H4O4/c1-12-11-13-16(21-9-7-20(2)8-10-21)18-14-5-3-4-6-15(14)19-17(13)22-12;5-3(6)1-2-4(7)8/h3-6,11,19H,7-10H2,1-2H3;1-2H,(H,5,6)(H,7,8). The van der Waals surface area contributed by atoms with Crippen molar-refractivity contribution < 1.29 is 19.8 Å². The summed E-state index contributed by atoms with van der Waals surface area (Å²) in [6, 6.07) is 10.6. The van der Waals surface area contributed by atoms with Crippen molar-refractivity contribution in [3.05, 3.63) is 52.9 Å². The van der Waals surface area contributed by atoms with E-state index in [4.69, 9.17) is 15.2 Å². The summed E-state index contributed by atoms with van der Waals surface area (Å²) in [5, 5.41) is 20.4. The molecule has 1 aromatic heterocycles. The first-order valence-electron chi connectivity index (χ1n) is 9.46. The highest BCUT2D eigenvalue weighted by Gasteiger charge is 2.25. The van der Waals surface area contributed by atoms with E-state index < -0.39 is 11.9 Å². The lowest BCUT2D eigenvalue weighted by Gasteiger charge is -2.34. The zero-order valence-corrected chi connectivity index (χ0v) is 17.6. The first-order chi connectivity index (χ1) is 14.3. The van der Waals surface area contributed by atoms with Gasteiger partial charge in [0.2, 0.25) is 0 Å². The molecule has 1 fully saturated rings. The van der Waals surface area contributed by atoms with Gasteiger partial charge in [-0.2, -0.15) is 0 Å². The van der Waals surface area contributed by atoms with Crippen LogP contribution < -0.4 is 5.32 Å². The molecule has 0 saturated carbocycles. The van der Waals surface area contributed by atoms with Gasteiger partial charge in [0, 0.05) is 43.2 Å². The Labute approximate surface area is 178 Å². The van der Waals surface area contributed by atoms with Gasteiger partial charge >= 0.3 is 11.9 Å². The van der Waals surface area contributed by atoms with Crippen LogP contribution >= 0.6 is 11.3 Å². The first kappa shape index (κ1) is 21.5. The van der Waals surface area contributed by atoms with Crippen LogP contribution in [0.1, 0.15) is 10.4 Å². The summed E-state index contributed by atoms with van der Waals surface area (Å²) in [4.78, 5) is 30.2. The number of amidine groups is 1. The van der Waals surface area contributed by atoms with Crippen LogP contribution in [0.25, 0.3) is 0 Å². The Kier molecular flexibility index (Phi) is 6.86. The monoisotopic (exact) mass is 428 g/mol. The fourth-order valence-corrected chi connectivity index (χ4v) is 4.07. The van der Waals surface area contributed by atoms with Crippen LogP contribution in [0.15, 0.2) is 47.5 Å². The van der Waals surface area contributed by atoms with Gasteiger partial charge in [-0.3, -0.25) is 0 Å². The Bertz CT molecular complexity index is 975. The van der Waals surface area contributed by atoms with E-state index in [1.54, 1.807) is 11.3 Å². The van der Waals surface area contributed by atoms with Crippen LogP contribution in [0.4, 0.5) is 16.4 Å². The van der Waals surface area contributed by atoms with Gasteiger partial charge in [0.05, 0.1) is 16.9 Å². The zero-order chi connectivity index (χ0) is 21.7. The summed E-state index contributed by atoms with van der Waals surface area (Å²) in [5.74, 6) is -1.40. The van der Waals surface area contributed by atoms with Crippen molar-refractivity contribution >= 4 is 45.5 Å². The summed E-state index contributed by atoms with van der Waals surface area (Å²) < 4.78 is 0. The lowest BCUT2D eigenvalue weighted by molar-refractivity contribution is -0.134. The average molecular weight is 429 g/mol. The molecule has 0 spiro atoms. The number of carboxylic acids is 2. The van der Waals surface area contributed by atoms with E-state index in [1.807, 2.05) is 0 Å². The van der Waals surface area contributed by atoms with Crippen molar-refractivity contribution in [3.8, 4) is 0 Å². The van der Waals surface area contributed by atoms with Gasteiger partial charge in [0.15, 0.2) is 0 Å². The number of benzene rings is 1. The lowest BCUT2D eigenvalue weighted by Crippen LogP contribution is -2.47. The topological polar surface area (TPSA) is 105 Å². The minimum atomic E-state index is -1.26. The van der Waals surface area contributed by atoms with E-state index in [0.29, 0.717) is 12.2 Å². The summed E-state index contributed by atoms with van der Waals surface area (Å²) in [6.07, 6.45) is 1.12. The van der Waals surface area contributed by atoms with Crippen LogP contribution in [-0.2, 0) is 9.59 Å². The fraction of sp³-hybridized carbons (Fsp3) is 0.286. The second-order valence-corrected chi connectivity index (χ2v) is 8.23. The number of carbonyl (C=O) groups is 2.